The van der Waals surface area contributed by atoms with Crippen molar-refractivity contribution in [2.75, 3.05) is 26.3 Å². The third kappa shape index (κ3) is 1.59. The minimum atomic E-state index is 0.0995. The molecule has 0 aliphatic carbocycles. The number of hydrogen-bond donors (Lipinski definition) is 0. The van der Waals surface area contributed by atoms with Gasteiger partial charge in [0, 0.05) is 37.3 Å². The summed E-state index contributed by atoms with van der Waals surface area (Å²) < 4.78 is 5.39. The van der Waals surface area contributed by atoms with Crippen molar-refractivity contribution in [2.24, 2.45) is 11.8 Å². The number of fused-ring (bicyclic) bond motifs is 1. The minimum Gasteiger partial charge on any atom is -0.381 e. The highest BCUT2D eigenvalue weighted by atomic mass is 16.5. The quantitative estimate of drug-likeness (QED) is 0.700. The molecule has 3 heterocycles. The van der Waals surface area contributed by atoms with Crippen LogP contribution in [0.15, 0.2) is 24.5 Å². The summed E-state index contributed by atoms with van der Waals surface area (Å²) >= 11 is 0. The van der Waals surface area contributed by atoms with Gasteiger partial charge in [-0.25, -0.2) is 0 Å². The molecule has 0 N–H and O–H groups in total. The van der Waals surface area contributed by atoms with Gasteiger partial charge in [-0.1, -0.05) is 0 Å². The van der Waals surface area contributed by atoms with Crippen LogP contribution in [-0.2, 0) is 4.74 Å². The number of ether oxygens (including phenoxy) is 1. The first-order chi connectivity index (χ1) is 7.84. The minimum absolute atomic E-state index is 0.0995. The van der Waals surface area contributed by atoms with Crippen molar-refractivity contribution in [3.05, 3.63) is 30.1 Å². The van der Waals surface area contributed by atoms with Crippen molar-refractivity contribution < 1.29 is 9.53 Å². The van der Waals surface area contributed by atoms with E-state index in [9.17, 15) is 4.79 Å². The van der Waals surface area contributed by atoms with Crippen LogP contribution in [0.2, 0.25) is 0 Å². The van der Waals surface area contributed by atoms with Crippen LogP contribution in [0.3, 0.4) is 0 Å². The molecule has 2 aliphatic heterocycles. The summed E-state index contributed by atoms with van der Waals surface area (Å²) in [6.07, 6.45) is 3.32. The normalized spacial score (nSPS) is 28.1. The number of carbonyl (C=O) groups excluding carboxylic acids is 1. The van der Waals surface area contributed by atoms with Gasteiger partial charge in [0.2, 0.25) is 0 Å². The summed E-state index contributed by atoms with van der Waals surface area (Å²) in [5, 5.41) is 0. The fraction of sp³-hybridized carbons (Fsp3) is 0.500. The van der Waals surface area contributed by atoms with E-state index >= 15 is 0 Å². The number of pyridine rings is 1. The van der Waals surface area contributed by atoms with Crippen LogP contribution in [0.4, 0.5) is 0 Å². The van der Waals surface area contributed by atoms with Gasteiger partial charge in [0.1, 0.15) is 0 Å². The maximum absolute atomic E-state index is 12.1. The first kappa shape index (κ1) is 9.78. The van der Waals surface area contributed by atoms with Crippen LogP contribution >= 0.6 is 0 Å². The molecule has 4 nitrogen and oxygen atoms in total. The molecule has 0 spiro atoms. The van der Waals surface area contributed by atoms with Crippen LogP contribution < -0.4 is 0 Å². The Labute approximate surface area is 94.2 Å². The molecular weight excluding hydrogens is 204 g/mol. The molecule has 2 aliphatic rings. The zero-order valence-electron chi connectivity index (χ0n) is 9.00. The van der Waals surface area contributed by atoms with Crippen LogP contribution in [0.25, 0.3) is 0 Å². The fourth-order valence-corrected chi connectivity index (χ4v) is 2.52. The van der Waals surface area contributed by atoms with E-state index in [1.807, 2.05) is 11.0 Å². The summed E-state index contributed by atoms with van der Waals surface area (Å²) in [5.41, 5.74) is 0.684. The summed E-state index contributed by atoms with van der Waals surface area (Å²) in [6, 6.07) is 3.62. The molecule has 4 heteroatoms. The third-order valence-electron chi connectivity index (χ3n) is 3.44. The Bertz CT molecular complexity index is 381. The lowest BCUT2D eigenvalue weighted by Crippen LogP contribution is -2.30. The lowest BCUT2D eigenvalue weighted by molar-refractivity contribution is 0.0751. The van der Waals surface area contributed by atoms with Crippen LogP contribution in [-0.4, -0.2) is 42.1 Å². The van der Waals surface area contributed by atoms with E-state index in [0.717, 1.165) is 26.3 Å². The number of rotatable bonds is 1. The van der Waals surface area contributed by atoms with Gasteiger partial charge in [0.15, 0.2) is 0 Å². The molecule has 2 atom stereocenters. The van der Waals surface area contributed by atoms with E-state index in [1.54, 1.807) is 18.5 Å². The maximum atomic E-state index is 12.1. The third-order valence-corrected chi connectivity index (χ3v) is 3.44. The van der Waals surface area contributed by atoms with Gasteiger partial charge in [-0.15, -0.1) is 0 Å². The van der Waals surface area contributed by atoms with Gasteiger partial charge < -0.3 is 9.64 Å². The molecule has 0 bridgehead atoms. The number of aromatic nitrogens is 1. The second-order valence-corrected chi connectivity index (χ2v) is 4.51. The van der Waals surface area contributed by atoms with Crippen LogP contribution in [0, 0.1) is 11.8 Å². The van der Waals surface area contributed by atoms with E-state index in [-0.39, 0.29) is 5.91 Å². The van der Waals surface area contributed by atoms with Crippen molar-refractivity contribution in [1.29, 1.82) is 0 Å². The second-order valence-electron chi connectivity index (χ2n) is 4.51. The Kier molecular flexibility index (Phi) is 2.36. The highest BCUT2D eigenvalue weighted by Crippen LogP contribution is 2.29. The smallest absolute Gasteiger partial charge is 0.255 e. The van der Waals surface area contributed by atoms with Gasteiger partial charge in [-0.05, 0) is 12.1 Å². The molecule has 0 saturated carbocycles. The van der Waals surface area contributed by atoms with E-state index < -0.39 is 0 Å². The zero-order chi connectivity index (χ0) is 11.0. The second kappa shape index (κ2) is 3.87. The predicted molar refractivity (Wildman–Crippen MR) is 57.9 cm³/mol. The summed E-state index contributed by atoms with van der Waals surface area (Å²) in [6.45, 7) is 3.28. The first-order valence-corrected chi connectivity index (χ1v) is 5.61. The molecule has 1 aromatic rings. The first-order valence-electron chi connectivity index (χ1n) is 5.61. The molecule has 1 aromatic heterocycles. The molecule has 1 amide bonds. The monoisotopic (exact) mass is 218 g/mol. The van der Waals surface area contributed by atoms with Crippen molar-refractivity contribution >= 4 is 5.91 Å². The molecule has 0 unspecified atom stereocenters. The largest absolute Gasteiger partial charge is 0.381 e. The topological polar surface area (TPSA) is 42.4 Å². The van der Waals surface area contributed by atoms with Crippen molar-refractivity contribution in [2.45, 2.75) is 0 Å². The van der Waals surface area contributed by atoms with Gasteiger partial charge >= 0.3 is 0 Å². The zero-order valence-corrected chi connectivity index (χ0v) is 9.00. The van der Waals surface area contributed by atoms with Crippen molar-refractivity contribution in [1.82, 2.24) is 9.88 Å². The average Bonchev–Trinajstić information content (AvgIpc) is 2.89. The van der Waals surface area contributed by atoms with Crippen molar-refractivity contribution in [3.63, 3.8) is 0 Å². The number of likely N-dealkylation sites (tertiary alicyclic amines) is 1. The van der Waals surface area contributed by atoms with E-state index in [0.29, 0.717) is 17.4 Å². The molecular formula is C12H14N2O2. The number of amides is 1. The molecule has 16 heavy (non-hydrogen) atoms. The van der Waals surface area contributed by atoms with Crippen LogP contribution in [0.1, 0.15) is 10.4 Å². The Morgan fingerprint density at radius 2 is 2.12 bits per heavy atom. The predicted octanol–water partition coefficient (Wildman–Crippen LogP) is 0.800. The van der Waals surface area contributed by atoms with Crippen molar-refractivity contribution in [3.8, 4) is 0 Å². The molecule has 84 valence electrons. The van der Waals surface area contributed by atoms with Crippen LogP contribution in [0.5, 0.6) is 0 Å². The Morgan fingerprint density at radius 3 is 2.75 bits per heavy atom. The lowest BCUT2D eigenvalue weighted by Gasteiger charge is -2.16. The summed E-state index contributed by atoms with van der Waals surface area (Å²) in [4.78, 5) is 18.0. The Morgan fingerprint density at radius 1 is 1.38 bits per heavy atom. The standard InChI is InChI=1S/C12H14N2O2/c15-12(9-2-1-3-13-4-9)14-5-10-7-16-8-11(10)6-14/h1-4,10-11H,5-8H2/t10-,11+. The SMILES string of the molecule is O=C(c1cccnc1)N1C[C@H]2COC[C@H]2C1. The van der Waals surface area contributed by atoms with Gasteiger partial charge in [0.25, 0.3) is 5.91 Å². The molecule has 3 rings (SSSR count). The number of hydrogen-bond acceptors (Lipinski definition) is 3. The van der Waals surface area contributed by atoms with E-state index in [1.165, 1.54) is 0 Å². The highest BCUT2D eigenvalue weighted by Gasteiger charge is 2.39. The van der Waals surface area contributed by atoms with Gasteiger partial charge in [-0.3, -0.25) is 9.78 Å². The number of carbonyl (C=O) groups is 1. The average molecular weight is 218 g/mol. The summed E-state index contributed by atoms with van der Waals surface area (Å²) in [5.74, 6) is 1.18. The maximum Gasteiger partial charge on any atom is 0.255 e. The molecule has 2 fully saturated rings. The Hall–Kier alpha value is -1.42. The summed E-state index contributed by atoms with van der Waals surface area (Å²) in [7, 11) is 0. The molecule has 0 aromatic carbocycles. The number of nitrogens with zero attached hydrogens (tertiary/aromatic N) is 2. The molecule has 0 radical (unpaired) electrons. The van der Waals surface area contributed by atoms with E-state index in [4.69, 9.17) is 4.74 Å². The Balaban J connectivity index is 1.73. The van der Waals surface area contributed by atoms with Gasteiger partial charge in [-0.2, -0.15) is 0 Å². The fourth-order valence-electron chi connectivity index (χ4n) is 2.52. The van der Waals surface area contributed by atoms with E-state index in [2.05, 4.69) is 4.98 Å². The highest BCUT2D eigenvalue weighted by molar-refractivity contribution is 5.94. The molecule has 2 saturated heterocycles. The van der Waals surface area contributed by atoms with Gasteiger partial charge in [0.05, 0.1) is 18.8 Å². The lowest BCUT2D eigenvalue weighted by atomic mass is 10.0.